The molecule has 0 fully saturated rings. The van der Waals surface area contributed by atoms with Crippen LogP contribution in [0.1, 0.15) is 10.4 Å². The van der Waals surface area contributed by atoms with E-state index >= 15 is 0 Å². The molecule has 94 valence electrons. The number of carbonyl (C=O) groups is 1. The summed E-state index contributed by atoms with van der Waals surface area (Å²) in [7, 11) is -3.80. The van der Waals surface area contributed by atoms with E-state index < -0.39 is 16.0 Å². The van der Waals surface area contributed by atoms with Gasteiger partial charge in [0, 0.05) is 0 Å². The van der Waals surface area contributed by atoms with Gasteiger partial charge in [-0.05, 0) is 24.3 Å². The van der Waals surface area contributed by atoms with Gasteiger partial charge in [0.25, 0.3) is 10.0 Å². The van der Waals surface area contributed by atoms with Gasteiger partial charge in [-0.15, -0.1) is 0 Å². The molecule has 0 atom stereocenters. The zero-order valence-electron chi connectivity index (χ0n) is 8.86. The molecule has 3 N–H and O–H groups in total. The largest absolute Gasteiger partial charge is 0.478 e. The summed E-state index contributed by atoms with van der Waals surface area (Å²) in [5.74, 6) is -1.14. The van der Waals surface area contributed by atoms with E-state index in [4.69, 9.17) is 5.11 Å². The van der Waals surface area contributed by atoms with Gasteiger partial charge in [0.05, 0.1) is 10.5 Å². The van der Waals surface area contributed by atoms with Crippen LogP contribution in [0.25, 0.3) is 0 Å². The van der Waals surface area contributed by atoms with Gasteiger partial charge in [-0.1, -0.05) is 0 Å². The Bertz CT molecular complexity index is 648. The number of hydrogen-bond donors (Lipinski definition) is 3. The zero-order chi connectivity index (χ0) is 13.2. The average molecular weight is 268 g/mol. The van der Waals surface area contributed by atoms with Gasteiger partial charge < -0.3 is 5.11 Å². The third-order valence-electron chi connectivity index (χ3n) is 2.06. The number of nitrogens with zero attached hydrogens (tertiary/aromatic N) is 2. The molecule has 9 heteroatoms. The van der Waals surface area contributed by atoms with Crippen LogP contribution in [0.15, 0.2) is 35.5 Å². The van der Waals surface area contributed by atoms with Crippen LogP contribution in [-0.2, 0) is 10.0 Å². The Hall–Kier alpha value is -2.42. The van der Waals surface area contributed by atoms with Crippen molar-refractivity contribution in [2.75, 3.05) is 4.72 Å². The summed E-state index contributed by atoms with van der Waals surface area (Å²) < 4.78 is 25.8. The Kier molecular flexibility index (Phi) is 2.98. The highest BCUT2D eigenvalue weighted by atomic mass is 32.2. The van der Waals surface area contributed by atoms with Gasteiger partial charge >= 0.3 is 5.97 Å². The summed E-state index contributed by atoms with van der Waals surface area (Å²) >= 11 is 0. The molecule has 2 aromatic rings. The molecular formula is C9H8N4O4S. The van der Waals surface area contributed by atoms with E-state index in [0.717, 1.165) is 6.33 Å². The van der Waals surface area contributed by atoms with Gasteiger partial charge in [0.15, 0.2) is 0 Å². The van der Waals surface area contributed by atoms with Crippen LogP contribution in [0.5, 0.6) is 0 Å². The number of nitrogens with one attached hydrogen (secondary N) is 2. The smallest absolute Gasteiger partial charge is 0.335 e. The molecule has 0 saturated heterocycles. The van der Waals surface area contributed by atoms with Gasteiger partial charge in [-0.25, -0.2) is 23.0 Å². The second-order valence-electron chi connectivity index (χ2n) is 3.27. The molecule has 2 rings (SSSR count). The van der Waals surface area contributed by atoms with Crippen LogP contribution in [0.3, 0.4) is 0 Å². The quantitative estimate of drug-likeness (QED) is 0.732. The lowest BCUT2D eigenvalue weighted by Crippen LogP contribution is -2.14. The molecule has 8 nitrogen and oxygen atoms in total. The maximum absolute atomic E-state index is 11.8. The Morgan fingerprint density at radius 1 is 1.28 bits per heavy atom. The Balaban J connectivity index is 2.27. The van der Waals surface area contributed by atoms with E-state index in [1.54, 1.807) is 0 Å². The van der Waals surface area contributed by atoms with Gasteiger partial charge in [0.2, 0.25) is 5.95 Å². The van der Waals surface area contributed by atoms with E-state index in [0.29, 0.717) is 0 Å². The van der Waals surface area contributed by atoms with E-state index in [-0.39, 0.29) is 16.4 Å². The highest BCUT2D eigenvalue weighted by Gasteiger charge is 2.16. The number of aromatic nitrogens is 3. The standard InChI is InChI=1S/C9H8N4O4S/c14-8(15)6-1-3-7(4-2-6)18(16,17)13-9-10-5-11-12-9/h1-5H,(H,14,15)(H2,10,11,12,13). The maximum atomic E-state index is 11.8. The Morgan fingerprint density at radius 3 is 2.44 bits per heavy atom. The number of anilines is 1. The molecule has 1 aromatic carbocycles. The lowest BCUT2D eigenvalue weighted by atomic mass is 10.2. The van der Waals surface area contributed by atoms with Gasteiger partial charge in [-0.3, -0.25) is 0 Å². The number of benzene rings is 1. The SMILES string of the molecule is O=C(O)c1ccc(S(=O)(=O)Nc2ncn[nH]2)cc1. The monoisotopic (exact) mass is 268 g/mol. The van der Waals surface area contributed by atoms with Crippen molar-refractivity contribution < 1.29 is 18.3 Å². The Labute approximate surface area is 102 Å². The van der Waals surface area contributed by atoms with E-state index in [2.05, 4.69) is 19.9 Å². The van der Waals surface area contributed by atoms with Crippen molar-refractivity contribution >= 4 is 21.9 Å². The highest BCUT2D eigenvalue weighted by Crippen LogP contribution is 2.13. The van der Waals surface area contributed by atoms with Crippen molar-refractivity contribution in [3.63, 3.8) is 0 Å². The lowest BCUT2D eigenvalue weighted by Gasteiger charge is -2.04. The summed E-state index contributed by atoms with van der Waals surface area (Å²) in [6.45, 7) is 0. The van der Waals surface area contributed by atoms with Gasteiger partial charge in [-0.2, -0.15) is 10.1 Å². The summed E-state index contributed by atoms with van der Waals surface area (Å²) in [6, 6.07) is 4.80. The third kappa shape index (κ3) is 2.46. The molecule has 0 aliphatic carbocycles. The molecule has 18 heavy (non-hydrogen) atoms. The molecule has 0 aliphatic heterocycles. The minimum atomic E-state index is -3.80. The fraction of sp³-hybridized carbons (Fsp3) is 0. The van der Waals surface area contributed by atoms with Gasteiger partial charge in [0.1, 0.15) is 6.33 Å². The first-order valence-corrected chi connectivity index (χ1v) is 6.19. The molecule has 1 aromatic heterocycles. The normalized spacial score (nSPS) is 11.1. The molecule has 0 spiro atoms. The summed E-state index contributed by atoms with van der Waals surface area (Å²) in [5, 5.41) is 14.5. The number of aromatic amines is 1. The second-order valence-corrected chi connectivity index (χ2v) is 4.95. The number of aromatic carboxylic acids is 1. The third-order valence-corrected chi connectivity index (χ3v) is 3.41. The first-order chi connectivity index (χ1) is 8.49. The fourth-order valence-corrected chi connectivity index (χ4v) is 2.18. The minimum absolute atomic E-state index is 0.00798. The second kappa shape index (κ2) is 4.45. The van der Waals surface area contributed by atoms with Crippen molar-refractivity contribution in [3.8, 4) is 0 Å². The fourth-order valence-electron chi connectivity index (χ4n) is 1.22. The average Bonchev–Trinajstić information content (AvgIpc) is 2.81. The van der Waals surface area contributed by atoms with Crippen molar-refractivity contribution in [2.24, 2.45) is 0 Å². The maximum Gasteiger partial charge on any atom is 0.335 e. The van der Waals surface area contributed by atoms with Crippen molar-refractivity contribution in [2.45, 2.75) is 4.90 Å². The number of rotatable bonds is 4. The summed E-state index contributed by atoms with van der Waals surface area (Å²) in [5.41, 5.74) is 0.00798. The molecule has 0 bridgehead atoms. The predicted molar refractivity (Wildman–Crippen MR) is 60.6 cm³/mol. The van der Waals surface area contributed by atoms with E-state index in [9.17, 15) is 13.2 Å². The first kappa shape index (κ1) is 12.0. The van der Waals surface area contributed by atoms with Crippen molar-refractivity contribution in [1.82, 2.24) is 15.2 Å². The van der Waals surface area contributed by atoms with Crippen LogP contribution in [-0.4, -0.2) is 34.7 Å². The van der Waals surface area contributed by atoms with E-state index in [1.807, 2.05) is 0 Å². The first-order valence-electron chi connectivity index (χ1n) is 4.70. The van der Waals surface area contributed by atoms with Crippen LogP contribution in [0, 0.1) is 0 Å². The number of H-pyrrole nitrogens is 1. The van der Waals surface area contributed by atoms with Crippen molar-refractivity contribution in [1.29, 1.82) is 0 Å². The number of carboxylic acids is 1. The van der Waals surface area contributed by atoms with Crippen LogP contribution < -0.4 is 4.72 Å². The molecule has 0 saturated carbocycles. The van der Waals surface area contributed by atoms with Crippen LogP contribution in [0.4, 0.5) is 5.95 Å². The molecule has 1 heterocycles. The predicted octanol–water partition coefficient (Wildman–Crippen LogP) is 0.304. The van der Waals surface area contributed by atoms with Crippen molar-refractivity contribution in [3.05, 3.63) is 36.2 Å². The number of carboxylic acid groups (broad SMARTS) is 1. The zero-order valence-corrected chi connectivity index (χ0v) is 9.68. The molecule has 0 aliphatic rings. The highest BCUT2D eigenvalue weighted by molar-refractivity contribution is 7.92. The Morgan fingerprint density at radius 2 is 1.94 bits per heavy atom. The number of hydrogen-bond acceptors (Lipinski definition) is 5. The molecule has 0 radical (unpaired) electrons. The molecule has 0 unspecified atom stereocenters. The lowest BCUT2D eigenvalue weighted by molar-refractivity contribution is 0.0697. The van der Waals surface area contributed by atoms with E-state index in [1.165, 1.54) is 24.3 Å². The summed E-state index contributed by atoms with van der Waals surface area (Å²) in [4.78, 5) is 14.2. The number of sulfonamides is 1. The van der Waals surface area contributed by atoms with Crippen LogP contribution in [0.2, 0.25) is 0 Å². The molecular weight excluding hydrogens is 260 g/mol. The van der Waals surface area contributed by atoms with Crippen LogP contribution >= 0.6 is 0 Å². The minimum Gasteiger partial charge on any atom is -0.478 e. The molecule has 0 amide bonds. The topological polar surface area (TPSA) is 125 Å². The summed E-state index contributed by atoms with van der Waals surface area (Å²) in [6.07, 6.45) is 1.16.